The number of rotatable bonds is 11. The third kappa shape index (κ3) is 8.24. The third-order valence-corrected chi connectivity index (χ3v) is 6.62. The maximum absolute atomic E-state index is 13.4. The molecule has 2 atom stereocenters. The molecule has 3 amide bonds. The molecule has 1 fully saturated rings. The Hall–Kier alpha value is -3.02. The zero-order chi connectivity index (χ0) is 26.9. The fraction of sp³-hybridized carbons (Fsp3) is 0.423. The minimum Gasteiger partial charge on any atom is -0.334 e. The van der Waals surface area contributed by atoms with Crippen molar-refractivity contribution in [2.75, 3.05) is 32.1 Å². The molecule has 3 rings (SSSR count). The van der Waals surface area contributed by atoms with Crippen molar-refractivity contribution >= 4 is 29.5 Å². The van der Waals surface area contributed by atoms with Gasteiger partial charge in [-0.1, -0.05) is 24.3 Å². The van der Waals surface area contributed by atoms with Gasteiger partial charge in [-0.3, -0.25) is 14.9 Å². The van der Waals surface area contributed by atoms with E-state index in [0.29, 0.717) is 12.0 Å². The van der Waals surface area contributed by atoms with E-state index in [2.05, 4.69) is 10.6 Å². The minimum absolute atomic E-state index is 0.0104. The lowest BCUT2D eigenvalue weighted by Gasteiger charge is -2.45. The highest BCUT2D eigenvalue weighted by Crippen LogP contribution is 2.18. The van der Waals surface area contributed by atoms with Gasteiger partial charge in [-0.25, -0.2) is 23.6 Å². The van der Waals surface area contributed by atoms with Gasteiger partial charge in [-0.2, -0.15) is 11.8 Å². The maximum atomic E-state index is 13.4. The Balaban J connectivity index is 1.84. The molecule has 2 N–H and O–H groups in total. The Morgan fingerprint density at radius 2 is 1.68 bits per heavy atom. The Morgan fingerprint density at radius 1 is 1.08 bits per heavy atom. The SMILES string of the molecule is CSCC[C@@H]1NC(N(C(=O)NCc2ccc(F)cc2)N(C)CC(C)=O)CN(Cc2ccc(F)cc2)C1=O. The molecule has 37 heavy (non-hydrogen) atoms. The van der Waals surface area contributed by atoms with E-state index in [1.54, 1.807) is 48.0 Å². The Bertz CT molecular complexity index is 1070. The van der Waals surface area contributed by atoms with Crippen molar-refractivity contribution in [1.82, 2.24) is 25.6 Å². The Labute approximate surface area is 220 Å². The predicted molar refractivity (Wildman–Crippen MR) is 139 cm³/mol. The van der Waals surface area contributed by atoms with Gasteiger partial charge in [0.25, 0.3) is 0 Å². The van der Waals surface area contributed by atoms with Crippen molar-refractivity contribution < 1.29 is 23.2 Å². The number of carbonyl (C=O) groups excluding carboxylic acids is 3. The number of nitrogens with zero attached hydrogens (tertiary/aromatic N) is 3. The van der Waals surface area contributed by atoms with E-state index >= 15 is 0 Å². The van der Waals surface area contributed by atoms with Crippen LogP contribution in [0.2, 0.25) is 0 Å². The number of hydrazine groups is 1. The number of benzene rings is 2. The molecule has 1 heterocycles. The second-order valence-corrected chi connectivity index (χ2v) is 9.99. The molecular weight excluding hydrogens is 500 g/mol. The molecule has 0 aromatic heterocycles. The molecule has 1 aliphatic rings. The molecule has 0 bridgehead atoms. The van der Waals surface area contributed by atoms with Crippen LogP contribution in [0.4, 0.5) is 13.6 Å². The number of hydrogen-bond acceptors (Lipinski definition) is 6. The normalized spacial score (nSPS) is 17.7. The average Bonchev–Trinajstić information content (AvgIpc) is 2.85. The van der Waals surface area contributed by atoms with E-state index in [4.69, 9.17) is 0 Å². The van der Waals surface area contributed by atoms with Gasteiger partial charge in [-0.15, -0.1) is 0 Å². The predicted octanol–water partition coefficient (Wildman–Crippen LogP) is 2.99. The molecule has 1 aliphatic heterocycles. The number of ketones is 1. The van der Waals surface area contributed by atoms with Crippen LogP contribution >= 0.6 is 11.8 Å². The van der Waals surface area contributed by atoms with Crippen LogP contribution in [-0.2, 0) is 22.7 Å². The van der Waals surface area contributed by atoms with E-state index in [9.17, 15) is 23.2 Å². The molecule has 2 aromatic rings. The van der Waals surface area contributed by atoms with E-state index < -0.39 is 18.2 Å². The Morgan fingerprint density at radius 3 is 2.24 bits per heavy atom. The van der Waals surface area contributed by atoms with Crippen molar-refractivity contribution in [3.05, 3.63) is 71.3 Å². The van der Waals surface area contributed by atoms with Gasteiger partial charge < -0.3 is 10.2 Å². The van der Waals surface area contributed by atoms with Crippen LogP contribution in [0, 0.1) is 11.6 Å². The summed E-state index contributed by atoms with van der Waals surface area (Å²) in [6.45, 7) is 2.01. The summed E-state index contributed by atoms with van der Waals surface area (Å²) in [5.74, 6) is -0.226. The number of nitrogens with one attached hydrogen (secondary N) is 2. The summed E-state index contributed by atoms with van der Waals surface area (Å²) in [4.78, 5) is 40.3. The van der Waals surface area contributed by atoms with E-state index in [0.717, 1.165) is 11.3 Å². The number of halogens is 2. The molecule has 0 spiro atoms. The molecule has 200 valence electrons. The lowest BCUT2D eigenvalue weighted by Crippen LogP contribution is -2.69. The molecule has 1 saturated heterocycles. The molecule has 0 aliphatic carbocycles. The fourth-order valence-corrected chi connectivity index (χ4v) is 4.68. The lowest BCUT2D eigenvalue weighted by molar-refractivity contribution is -0.144. The topological polar surface area (TPSA) is 85.0 Å². The van der Waals surface area contributed by atoms with E-state index in [1.807, 2.05) is 6.26 Å². The number of likely N-dealkylation sites (N-methyl/N-ethyl adjacent to an activating group) is 1. The van der Waals surface area contributed by atoms with Crippen LogP contribution < -0.4 is 10.6 Å². The van der Waals surface area contributed by atoms with Crippen LogP contribution in [-0.4, -0.2) is 77.0 Å². The highest BCUT2D eigenvalue weighted by Gasteiger charge is 2.39. The Kier molecular flexibility index (Phi) is 10.4. The summed E-state index contributed by atoms with van der Waals surface area (Å²) >= 11 is 1.61. The largest absolute Gasteiger partial charge is 0.334 e. The van der Waals surface area contributed by atoms with Crippen molar-refractivity contribution in [3.63, 3.8) is 0 Å². The first-order valence-corrected chi connectivity index (χ1v) is 13.4. The standard InChI is InChI=1S/C26H33F2N5O3S/c1-18(34)15-31(2)33(26(36)29-14-19-4-8-21(27)9-5-19)24-17-32(16-20-6-10-22(28)11-7-20)25(35)23(30-24)12-13-37-3/h4-11,23-24,30H,12-17H2,1-3H3,(H,29,36)/t23-,24?/m0/s1. The van der Waals surface area contributed by atoms with Crippen molar-refractivity contribution in [3.8, 4) is 0 Å². The van der Waals surface area contributed by atoms with Crippen LogP contribution in [0.15, 0.2) is 48.5 Å². The number of urea groups is 1. The maximum Gasteiger partial charge on any atom is 0.333 e. The van der Waals surface area contributed by atoms with E-state index in [1.165, 1.54) is 41.2 Å². The molecule has 8 nitrogen and oxygen atoms in total. The summed E-state index contributed by atoms with van der Waals surface area (Å²) < 4.78 is 26.7. The first-order chi connectivity index (χ1) is 17.7. The van der Waals surface area contributed by atoms with Crippen LogP contribution in [0.1, 0.15) is 24.5 Å². The number of amides is 3. The van der Waals surface area contributed by atoms with Crippen molar-refractivity contribution in [2.45, 2.75) is 38.6 Å². The summed E-state index contributed by atoms with van der Waals surface area (Å²) in [7, 11) is 1.64. The number of piperazine rings is 1. The number of Topliss-reactive ketones (excluding diaryl/α,β-unsaturated/α-hetero) is 1. The second-order valence-electron chi connectivity index (χ2n) is 9.01. The summed E-state index contributed by atoms with van der Waals surface area (Å²) in [5, 5.41) is 9.08. The molecule has 11 heteroatoms. The van der Waals surface area contributed by atoms with Gasteiger partial charge in [0.05, 0.1) is 19.1 Å². The zero-order valence-corrected chi connectivity index (χ0v) is 22.1. The molecular formula is C26H33F2N5O3S. The van der Waals surface area contributed by atoms with Crippen molar-refractivity contribution in [1.29, 1.82) is 0 Å². The zero-order valence-electron chi connectivity index (χ0n) is 21.2. The minimum atomic E-state index is -0.623. The molecule has 2 aromatic carbocycles. The van der Waals surface area contributed by atoms with Gasteiger partial charge in [0.2, 0.25) is 5.91 Å². The average molecular weight is 534 g/mol. The van der Waals surface area contributed by atoms with Gasteiger partial charge >= 0.3 is 6.03 Å². The molecule has 0 radical (unpaired) electrons. The van der Waals surface area contributed by atoms with Crippen molar-refractivity contribution in [2.24, 2.45) is 0 Å². The van der Waals surface area contributed by atoms with Gasteiger partial charge in [-0.05, 0) is 60.7 Å². The molecule has 1 unspecified atom stereocenters. The van der Waals surface area contributed by atoms with Gasteiger partial charge in [0, 0.05) is 20.1 Å². The third-order valence-electron chi connectivity index (χ3n) is 5.97. The lowest BCUT2D eigenvalue weighted by atomic mass is 10.1. The first kappa shape index (κ1) is 28.5. The summed E-state index contributed by atoms with van der Waals surface area (Å²) in [6.07, 6.45) is 1.89. The van der Waals surface area contributed by atoms with Gasteiger partial charge in [0.15, 0.2) is 0 Å². The second kappa shape index (κ2) is 13.5. The van der Waals surface area contributed by atoms with Crippen LogP contribution in [0.5, 0.6) is 0 Å². The number of thioether (sulfide) groups is 1. The highest BCUT2D eigenvalue weighted by molar-refractivity contribution is 7.98. The quantitative estimate of drug-likeness (QED) is 0.432. The monoisotopic (exact) mass is 533 g/mol. The van der Waals surface area contributed by atoms with Gasteiger partial charge in [0.1, 0.15) is 23.6 Å². The van der Waals surface area contributed by atoms with Crippen LogP contribution in [0.3, 0.4) is 0 Å². The highest BCUT2D eigenvalue weighted by atomic mass is 32.2. The van der Waals surface area contributed by atoms with E-state index in [-0.39, 0.29) is 49.5 Å². The molecule has 0 saturated carbocycles. The first-order valence-electron chi connectivity index (χ1n) is 12.0. The smallest absolute Gasteiger partial charge is 0.333 e. The number of hydrogen-bond donors (Lipinski definition) is 2. The fourth-order valence-electron chi connectivity index (χ4n) is 4.21. The summed E-state index contributed by atoms with van der Waals surface area (Å²) in [6, 6.07) is 10.8. The number of carbonyl (C=O) groups is 3. The summed E-state index contributed by atoms with van der Waals surface area (Å²) in [5.41, 5.74) is 1.48. The van der Waals surface area contributed by atoms with Crippen LogP contribution in [0.25, 0.3) is 0 Å².